The Hall–Kier alpha value is -3.46. The number of benzene rings is 2. The average Bonchev–Trinajstić information content (AvgIpc) is 2.85. The lowest BCUT2D eigenvalue weighted by molar-refractivity contribution is -0.144. The Morgan fingerprint density at radius 1 is 1.00 bits per heavy atom. The maximum Gasteiger partial charge on any atom is 0.243 e. The molecule has 2 aromatic rings. The van der Waals surface area contributed by atoms with Crippen molar-refractivity contribution in [3.63, 3.8) is 0 Å². The van der Waals surface area contributed by atoms with Crippen LogP contribution in [0.5, 0.6) is 5.75 Å². The number of nitrogens with one attached hydrogen (secondary N) is 2. The predicted molar refractivity (Wildman–Crippen MR) is 151 cm³/mol. The summed E-state index contributed by atoms with van der Waals surface area (Å²) >= 11 is 0. The highest BCUT2D eigenvalue weighted by Gasteiger charge is 2.36. The summed E-state index contributed by atoms with van der Waals surface area (Å²) in [5, 5.41) is 16.1. The van der Waals surface area contributed by atoms with Gasteiger partial charge in [0.05, 0.1) is 6.04 Å². The summed E-state index contributed by atoms with van der Waals surface area (Å²) in [6.07, 6.45) is 0.457. The number of phenolic OH excluding ortho intramolecular Hbond substituents is 1. The van der Waals surface area contributed by atoms with E-state index in [1.54, 1.807) is 38.2 Å². The molecule has 39 heavy (non-hydrogen) atoms. The van der Waals surface area contributed by atoms with E-state index in [0.29, 0.717) is 6.42 Å². The summed E-state index contributed by atoms with van der Waals surface area (Å²) < 4.78 is 13.3. The Labute approximate surface area is 231 Å². The first-order valence-electron chi connectivity index (χ1n) is 13.3. The van der Waals surface area contributed by atoms with Gasteiger partial charge in [0.25, 0.3) is 0 Å². The molecule has 3 atom stereocenters. The number of primary amides is 1. The van der Waals surface area contributed by atoms with Crippen molar-refractivity contribution in [3.05, 3.63) is 65.0 Å². The van der Waals surface area contributed by atoms with E-state index in [1.165, 1.54) is 17.0 Å². The molecule has 8 nitrogen and oxygen atoms in total. The third-order valence-corrected chi connectivity index (χ3v) is 6.83. The van der Waals surface area contributed by atoms with Crippen LogP contribution >= 0.6 is 0 Å². The van der Waals surface area contributed by atoms with Crippen LogP contribution in [0.4, 0.5) is 4.39 Å². The van der Waals surface area contributed by atoms with Crippen molar-refractivity contribution in [2.24, 2.45) is 11.7 Å². The van der Waals surface area contributed by atoms with Gasteiger partial charge in [-0.25, -0.2) is 4.39 Å². The molecule has 2 aromatic carbocycles. The SMILES string of the molecule is CCN(C(=O)C(Cc1ccc(F)cc1)NC)C(C(=O)NC(Cc1ccc(O)c(C(C)(C)C)c1)C(N)=O)C(C)C. The summed E-state index contributed by atoms with van der Waals surface area (Å²) in [4.78, 5) is 41.0. The number of hydrogen-bond acceptors (Lipinski definition) is 5. The second-order valence-electron chi connectivity index (χ2n) is 11.3. The topological polar surface area (TPSA) is 125 Å². The van der Waals surface area contributed by atoms with Gasteiger partial charge in [-0.15, -0.1) is 0 Å². The summed E-state index contributed by atoms with van der Waals surface area (Å²) in [5.41, 5.74) is 7.59. The highest BCUT2D eigenvalue weighted by atomic mass is 19.1. The molecule has 0 spiro atoms. The van der Waals surface area contributed by atoms with Gasteiger partial charge in [0.1, 0.15) is 23.7 Å². The normalized spacial score (nSPS) is 14.0. The van der Waals surface area contributed by atoms with Crippen molar-refractivity contribution < 1.29 is 23.9 Å². The minimum atomic E-state index is -1.01. The third kappa shape index (κ3) is 8.51. The van der Waals surface area contributed by atoms with E-state index in [9.17, 15) is 23.9 Å². The lowest BCUT2D eigenvalue weighted by Crippen LogP contribution is -2.59. The van der Waals surface area contributed by atoms with E-state index in [-0.39, 0.29) is 41.8 Å². The number of phenols is 1. The van der Waals surface area contributed by atoms with Crippen molar-refractivity contribution in [1.29, 1.82) is 0 Å². The van der Waals surface area contributed by atoms with E-state index >= 15 is 0 Å². The molecule has 0 aliphatic carbocycles. The summed E-state index contributed by atoms with van der Waals surface area (Å²) in [5.74, 6) is -1.91. The summed E-state index contributed by atoms with van der Waals surface area (Å²) in [7, 11) is 1.66. The Morgan fingerprint density at radius 3 is 2.05 bits per heavy atom. The fraction of sp³-hybridized carbons (Fsp3) is 0.500. The van der Waals surface area contributed by atoms with Crippen LogP contribution in [0, 0.1) is 11.7 Å². The molecule has 0 radical (unpaired) electrons. The van der Waals surface area contributed by atoms with E-state index in [1.807, 2.05) is 40.7 Å². The van der Waals surface area contributed by atoms with Crippen LogP contribution in [0.15, 0.2) is 42.5 Å². The monoisotopic (exact) mass is 542 g/mol. The van der Waals surface area contributed by atoms with Crippen LogP contribution in [0.1, 0.15) is 58.2 Å². The second-order valence-corrected chi connectivity index (χ2v) is 11.3. The van der Waals surface area contributed by atoms with Crippen molar-refractivity contribution in [2.45, 2.75) is 77.9 Å². The molecule has 0 heterocycles. The Kier molecular flexibility index (Phi) is 11.0. The molecule has 5 N–H and O–H groups in total. The fourth-order valence-corrected chi connectivity index (χ4v) is 4.69. The molecule has 0 fully saturated rings. The Morgan fingerprint density at radius 2 is 1.56 bits per heavy atom. The van der Waals surface area contributed by atoms with Gasteiger partial charge in [0.2, 0.25) is 17.7 Å². The second kappa shape index (κ2) is 13.6. The molecule has 0 saturated heterocycles. The number of hydrogen-bond donors (Lipinski definition) is 4. The van der Waals surface area contributed by atoms with E-state index in [2.05, 4.69) is 10.6 Å². The first kappa shape index (κ1) is 31.8. The lowest BCUT2D eigenvalue weighted by Gasteiger charge is -2.35. The van der Waals surface area contributed by atoms with Crippen LogP contribution in [0.2, 0.25) is 0 Å². The fourth-order valence-electron chi connectivity index (χ4n) is 4.69. The van der Waals surface area contributed by atoms with Gasteiger partial charge >= 0.3 is 0 Å². The number of nitrogens with zero attached hydrogens (tertiary/aromatic N) is 1. The van der Waals surface area contributed by atoms with Crippen LogP contribution in [0.3, 0.4) is 0 Å². The molecule has 0 bridgehead atoms. The number of carbonyl (C=O) groups is 3. The number of aromatic hydroxyl groups is 1. The number of nitrogens with two attached hydrogens (primary N) is 1. The largest absolute Gasteiger partial charge is 0.508 e. The first-order valence-corrected chi connectivity index (χ1v) is 13.3. The van der Waals surface area contributed by atoms with E-state index < -0.39 is 29.9 Å². The Balaban J connectivity index is 2.27. The average molecular weight is 543 g/mol. The van der Waals surface area contributed by atoms with E-state index in [0.717, 1.165) is 16.7 Å². The van der Waals surface area contributed by atoms with Crippen LogP contribution in [-0.2, 0) is 32.6 Å². The molecule has 9 heteroatoms. The maximum atomic E-state index is 13.6. The minimum absolute atomic E-state index is 0.138. The van der Waals surface area contributed by atoms with Crippen LogP contribution < -0.4 is 16.4 Å². The smallest absolute Gasteiger partial charge is 0.243 e. The highest BCUT2D eigenvalue weighted by Crippen LogP contribution is 2.31. The van der Waals surface area contributed by atoms with Crippen molar-refractivity contribution in [2.75, 3.05) is 13.6 Å². The predicted octanol–water partition coefficient (Wildman–Crippen LogP) is 3.05. The van der Waals surface area contributed by atoms with E-state index in [4.69, 9.17) is 5.73 Å². The minimum Gasteiger partial charge on any atom is -0.508 e. The zero-order valence-electron chi connectivity index (χ0n) is 24.0. The molecule has 214 valence electrons. The van der Waals surface area contributed by atoms with Gasteiger partial charge in [-0.2, -0.15) is 0 Å². The molecular weight excluding hydrogens is 499 g/mol. The number of likely N-dealkylation sites (N-methyl/N-ethyl adjacent to an activating group) is 2. The first-order chi connectivity index (χ1) is 18.2. The van der Waals surface area contributed by atoms with Crippen LogP contribution in [-0.4, -0.2) is 59.4 Å². The van der Waals surface area contributed by atoms with Gasteiger partial charge in [0, 0.05) is 13.0 Å². The molecular formula is C30H43FN4O4. The molecule has 0 aliphatic rings. The quantitative estimate of drug-likeness (QED) is 0.328. The standard InChI is InChI=1S/C30H43FN4O4/c1-8-35(29(39)24(33-7)16-19-9-12-21(31)13-10-19)26(18(2)3)28(38)34-23(27(32)37)17-20-11-14-25(36)22(15-20)30(4,5)6/h9-15,18,23-24,26,33,36H,8,16-17H2,1-7H3,(H2,32,37)(H,34,38). The summed E-state index contributed by atoms with van der Waals surface area (Å²) in [6, 6.07) is 8.53. The molecule has 3 amide bonds. The van der Waals surface area contributed by atoms with Crippen molar-refractivity contribution in [1.82, 2.24) is 15.5 Å². The molecule has 0 aromatic heterocycles. The maximum absolute atomic E-state index is 13.6. The van der Waals surface area contributed by atoms with Gasteiger partial charge in [-0.05, 0) is 66.6 Å². The third-order valence-electron chi connectivity index (χ3n) is 6.83. The zero-order chi connectivity index (χ0) is 29.5. The number of amides is 3. The number of carbonyl (C=O) groups excluding carboxylic acids is 3. The molecule has 2 rings (SSSR count). The zero-order valence-corrected chi connectivity index (χ0v) is 24.0. The van der Waals surface area contributed by atoms with Gasteiger partial charge < -0.3 is 26.4 Å². The van der Waals surface area contributed by atoms with Crippen molar-refractivity contribution in [3.8, 4) is 5.75 Å². The molecule has 0 saturated carbocycles. The Bertz CT molecular complexity index is 1140. The van der Waals surface area contributed by atoms with Crippen molar-refractivity contribution >= 4 is 17.7 Å². The highest BCUT2D eigenvalue weighted by molar-refractivity contribution is 5.93. The van der Waals surface area contributed by atoms with Gasteiger partial charge in [-0.3, -0.25) is 14.4 Å². The van der Waals surface area contributed by atoms with Gasteiger partial charge in [-0.1, -0.05) is 58.9 Å². The lowest BCUT2D eigenvalue weighted by atomic mass is 9.84. The number of rotatable bonds is 12. The molecule has 0 aliphatic heterocycles. The molecule has 3 unspecified atom stereocenters. The summed E-state index contributed by atoms with van der Waals surface area (Å²) in [6.45, 7) is 11.6. The number of halogens is 1. The van der Waals surface area contributed by atoms with Gasteiger partial charge in [0.15, 0.2) is 0 Å². The van der Waals surface area contributed by atoms with Crippen LogP contribution in [0.25, 0.3) is 0 Å².